The molecule has 1 aliphatic carbocycles. The molecule has 2 amide bonds. The van der Waals surface area contributed by atoms with Gasteiger partial charge in [-0.2, -0.15) is 26.3 Å². The van der Waals surface area contributed by atoms with Crippen molar-refractivity contribution < 1.29 is 50.7 Å². The van der Waals surface area contributed by atoms with E-state index >= 15 is 0 Å². The number of halogens is 6. The molecule has 0 spiro atoms. The molecule has 48 heavy (non-hydrogen) atoms. The van der Waals surface area contributed by atoms with E-state index in [1.807, 2.05) is 45.9 Å². The molecule has 4 atom stereocenters. The Hall–Kier alpha value is -3.58. The van der Waals surface area contributed by atoms with Gasteiger partial charge in [0.15, 0.2) is 0 Å². The average molecular weight is 677 g/mol. The van der Waals surface area contributed by atoms with E-state index in [1.165, 1.54) is 0 Å². The Balaban J connectivity index is 1.48. The third kappa shape index (κ3) is 6.94. The van der Waals surface area contributed by atoms with Crippen LogP contribution in [0.2, 0.25) is 6.32 Å². The first-order valence-corrected chi connectivity index (χ1v) is 16.2. The summed E-state index contributed by atoms with van der Waals surface area (Å²) in [5.74, 6) is -4.23. The van der Waals surface area contributed by atoms with Crippen molar-refractivity contribution in [3.8, 4) is 5.75 Å². The van der Waals surface area contributed by atoms with E-state index in [4.69, 9.17) is 4.65 Å². The highest BCUT2D eigenvalue weighted by molar-refractivity contribution is 6.43. The van der Waals surface area contributed by atoms with Crippen molar-refractivity contribution in [2.45, 2.75) is 91.0 Å². The second kappa shape index (κ2) is 13.4. The normalized spacial score (nSPS) is 23.6. The first kappa shape index (κ1) is 35.7. The molecule has 5 rings (SSSR count). The van der Waals surface area contributed by atoms with Crippen LogP contribution in [-0.4, -0.2) is 35.2 Å². The minimum absolute atomic E-state index is 0.0357. The van der Waals surface area contributed by atoms with Crippen molar-refractivity contribution in [2.24, 2.45) is 17.8 Å². The molecule has 0 saturated carbocycles. The molecule has 2 aromatic carbocycles. The largest absolute Gasteiger partial charge is 0.507 e. The Kier molecular flexibility index (Phi) is 9.96. The van der Waals surface area contributed by atoms with E-state index in [-0.39, 0.29) is 24.6 Å². The van der Waals surface area contributed by atoms with Crippen LogP contribution in [0.5, 0.6) is 5.75 Å². The lowest BCUT2D eigenvalue weighted by Gasteiger charge is -2.43. The van der Waals surface area contributed by atoms with Crippen LogP contribution in [0, 0.1) is 31.6 Å². The summed E-state index contributed by atoms with van der Waals surface area (Å²) in [6.45, 7) is 7.59. The van der Waals surface area contributed by atoms with Crippen molar-refractivity contribution in [3.63, 3.8) is 0 Å². The molecule has 2 N–H and O–H groups in total. The minimum Gasteiger partial charge on any atom is -0.507 e. The summed E-state index contributed by atoms with van der Waals surface area (Å²) < 4.78 is 88.0. The van der Waals surface area contributed by atoms with Gasteiger partial charge < -0.3 is 14.8 Å². The number of benzene rings is 2. The van der Waals surface area contributed by atoms with Gasteiger partial charge in [0.25, 0.3) is 0 Å². The number of rotatable bonds is 8. The summed E-state index contributed by atoms with van der Waals surface area (Å²) in [7, 11) is -1.29. The summed E-state index contributed by atoms with van der Waals surface area (Å²) >= 11 is 0. The van der Waals surface area contributed by atoms with Gasteiger partial charge in [0.2, 0.25) is 11.8 Å². The maximum atomic E-state index is 14.0. The molecule has 258 valence electrons. The lowest BCUT2D eigenvalue weighted by Crippen LogP contribution is -2.46. The maximum Gasteiger partial charge on any atom is 0.455 e. The monoisotopic (exact) mass is 677 g/mol. The Morgan fingerprint density at radius 3 is 2.10 bits per heavy atom. The van der Waals surface area contributed by atoms with Gasteiger partial charge in [-0.3, -0.25) is 9.59 Å². The summed E-state index contributed by atoms with van der Waals surface area (Å²) in [4.78, 5) is 28.2. The van der Waals surface area contributed by atoms with Gasteiger partial charge in [-0.05, 0) is 111 Å². The zero-order valence-electron chi connectivity index (χ0n) is 27.1. The number of anilines is 1. The second-order valence-electron chi connectivity index (χ2n) is 13.0. The van der Waals surface area contributed by atoms with Crippen molar-refractivity contribution in [1.82, 2.24) is 0 Å². The SMILES string of the molecule is CCCC1=C2[C@@H](CC/C(=C/c3cc(C)c(O)c(C)c3)CC)OB(O)C[C@@H]2[C@@H]2C(=O)N(c3cc(C(F)(F)F)cc(C(F)(F)F)c3)C(=O)[C@@H]2C1. The fourth-order valence-electron chi connectivity index (χ4n) is 7.60. The van der Waals surface area contributed by atoms with Crippen LogP contribution in [0.1, 0.15) is 80.2 Å². The molecular formula is C35H38BF6NO5. The topological polar surface area (TPSA) is 87.1 Å². The number of allylic oxidation sites excluding steroid dienone is 2. The van der Waals surface area contributed by atoms with Crippen molar-refractivity contribution >= 4 is 30.7 Å². The van der Waals surface area contributed by atoms with Gasteiger partial charge in [-0.1, -0.05) is 37.5 Å². The Morgan fingerprint density at radius 1 is 0.958 bits per heavy atom. The van der Waals surface area contributed by atoms with Crippen LogP contribution in [0.4, 0.5) is 32.0 Å². The van der Waals surface area contributed by atoms with E-state index < -0.39 is 72.0 Å². The molecule has 2 heterocycles. The first-order valence-electron chi connectivity index (χ1n) is 16.2. The molecule has 2 saturated heterocycles. The standard InChI is InChI=1S/C35H38BF6NO5/c1-5-7-22-13-26-30(33(46)43(32(26)45)25-15-23(34(37,38)39)14-24(16-25)35(40,41)42)27-17-36(47)48-28(29(22)27)9-8-20(6-2)12-21-10-18(3)31(44)19(4)11-21/h10-12,14-16,26-28,30,44,47H,5-9,13,17H2,1-4H3/b20-12+/t26-,27+,28-,30-/m1/s1. The van der Waals surface area contributed by atoms with Gasteiger partial charge in [-0.15, -0.1) is 0 Å². The molecule has 0 bridgehead atoms. The Morgan fingerprint density at radius 2 is 1.56 bits per heavy atom. The quantitative estimate of drug-likeness (QED) is 0.127. The van der Waals surface area contributed by atoms with E-state index in [0.717, 1.165) is 33.4 Å². The molecule has 2 fully saturated rings. The number of hydrogen-bond acceptors (Lipinski definition) is 5. The van der Waals surface area contributed by atoms with E-state index in [2.05, 4.69) is 0 Å². The minimum atomic E-state index is -5.15. The number of hydrogen-bond donors (Lipinski definition) is 2. The van der Waals surface area contributed by atoms with Gasteiger partial charge in [0.1, 0.15) is 5.75 Å². The molecule has 2 aromatic rings. The lowest BCUT2D eigenvalue weighted by molar-refractivity contribution is -0.143. The number of imide groups is 1. The molecule has 0 aromatic heterocycles. The zero-order chi connectivity index (χ0) is 35.3. The van der Waals surface area contributed by atoms with Crippen molar-refractivity contribution in [1.29, 1.82) is 0 Å². The molecule has 13 heteroatoms. The van der Waals surface area contributed by atoms with Crippen LogP contribution < -0.4 is 4.90 Å². The highest BCUT2D eigenvalue weighted by Gasteiger charge is 2.58. The van der Waals surface area contributed by atoms with Gasteiger partial charge >= 0.3 is 19.5 Å². The second-order valence-corrected chi connectivity index (χ2v) is 13.0. The number of phenolic OH excluding ortho intramolecular Hbond substituents is 1. The number of carbonyl (C=O) groups is 2. The zero-order valence-corrected chi connectivity index (χ0v) is 27.1. The van der Waals surface area contributed by atoms with Crippen LogP contribution >= 0.6 is 0 Å². The molecular weight excluding hydrogens is 639 g/mol. The molecule has 0 radical (unpaired) electrons. The number of amides is 2. The number of aromatic hydroxyl groups is 1. The number of nitrogens with zero attached hydrogens (tertiary/aromatic N) is 1. The number of carbonyl (C=O) groups excluding carboxylic acids is 2. The molecule has 0 unspecified atom stereocenters. The number of aryl methyl sites for hydroxylation is 2. The smallest absolute Gasteiger partial charge is 0.455 e. The summed E-state index contributed by atoms with van der Waals surface area (Å²) in [5.41, 5.74) is 1.14. The van der Waals surface area contributed by atoms with Gasteiger partial charge in [0, 0.05) is 0 Å². The molecule has 3 aliphatic rings. The summed E-state index contributed by atoms with van der Waals surface area (Å²) in [5, 5.41) is 21.0. The van der Waals surface area contributed by atoms with Crippen LogP contribution in [0.25, 0.3) is 6.08 Å². The summed E-state index contributed by atoms with van der Waals surface area (Å²) in [6.07, 6.45) is -5.83. The molecule has 6 nitrogen and oxygen atoms in total. The third-order valence-electron chi connectivity index (χ3n) is 9.76. The van der Waals surface area contributed by atoms with E-state index in [1.54, 1.807) is 0 Å². The number of alkyl halides is 6. The lowest BCUT2D eigenvalue weighted by atomic mass is 9.58. The van der Waals surface area contributed by atoms with Crippen LogP contribution in [0.3, 0.4) is 0 Å². The predicted molar refractivity (Wildman–Crippen MR) is 169 cm³/mol. The van der Waals surface area contributed by atoms with Gasteiger partial charge in [0.05, 0.1) is 34.8 Å². The van der Waals surface area contributed by atoms with Crippen LogP contribution in [0.15, 0.2) is 47.1 Å². The first-order chi connectivity index (χ1) is 22.4. The van der Waals surface area contributed by atoms with Crippen molar-refractivity contribution in [3.05, 3.63) is 74.9 Å². The Bertz CT molecular complexity index is 1610. The maximum absolute atomic E-state index is 14.0. The summed E-state index contributed by atoms with van der Waals surface area (Å²) in [6, 6.07) is 4.54. The fraction of sp³-hybridized carbons (Fsp3) is 0.486. The van der Waals surface area contributed by atoms with E-state index in [0.29, 0.717) is 49.1 Å². The number of fused-ring (bicyclic) bond motifs is 3. The van der Waals surface area contributed by atoms with Crippen LogP contribution in [-0.2, 0) is 26.6 Å². The highest BCUT2D eigenvalue weighted by atomic mass is 19.4. The number of phenols is 1. The Labute approximate surface area is 275 Å². The van der Waals surface area contributed by atoms with E-state index in [9.17, 15) is 46.1 Å². The predicted octanol–water partition coefficient (Wildman–Crippen LogP) is 8.42. The molecule has 2 aliphatic heterocycles. The van der Waals surface area contributed by atoms with Gasteiger partial charge in [-0.25, -0.2) is 4.90 Å². The third-order valence-corrected chi connectivity index (χ3v) is 9.76. The van der Waals surface area contributed by atoms with Crippen molar-refractivity contribution in [2.75, 3.05) is 4.90 Å². The highest BCUT2D eigenvalue weighted by Crippen LogP contribution is 2.52. The fourth-order valence-corrected chi connectivity index (χ4v) is 7.60. The average Bonchev–Trinajstić information content (AvgIpc) is 3.25.